The Bertz CT molecular complexity index is 920. The molecule has 0 spiro atoms. The summed E-state index contributed by atoms with van der Waals surface area (Å²) in [5.74, 6) is 0. The molecule has 0 bridgehead atoms. The molecule has 0 rings (SSSR count). The molecule has 0 saturated carbocycles. The molecule has 0 aliphatic rings. The summed E-state index contributed by atoms with van der Waals surface area (Å²) in [6, 6.07) is 0. The minimum absolute atomic E-state index is 0. The average molecular weight is 2200 g/mol. The van der Waals surface area contributed by atoms with Gasteiger partial charge in [0.15, 0.2) is 0 Å². The van der Waals surface area contributed by atoms with E-state index in [4.69, 9.17) is 28.4 Å². The third-order valence-electron chi connectivity index (χ3n) is 5.76. The van der Waals surface area contributed by atoms with E-state index in [1.807, 2.05) is 0 Å². The fraction of sp³-hybridized carbons (Fsp3) is 0.828. The van der Waals surface area contributed by atoms with Crippen molar-refractivity contribution in [2.24, 2.45) is 0 Å². The molecule has 5 atom stereocenters. The van der Waals surface area contributed by atoms with E-state index in [-0.39, 0.29) is 19.8 Å². The summed E-state index contributed by atoms with van der Waals surface area (Å²) in [4.78, 5) is 0. The predicted molar refractivity (Wildman–Crippen MR) is 158 cm³/mol. The first-order valence-electron chi connectivity index (χ1n) is 15.0. The van der Waals surface area contributed by atoms with E-state index in [9.17, 15) is 65.9 Å². The number of hydrogen-bond donors (Lipinski definition) is 0. The second-order valence-corrected chi connectivity index (χ2v) is 10.1. The number of halogens is 15. The largest absolute Gasteiger partial charge is 0.451 e. The smallest absolute Gasteiger partial charge is 0.258 e. The SMILES string of the molecule is COC(COC(F)(F)[CH-]F)C(COC(F)(F)[CH-]F)OC.COCC(COC(F)(F)[CH-]F)OC.COCC(COCC(COC(F)(F)[CH-]F)OC(F)(F)[CH-]F)OC.[Rf].[Rf].[Rf].[Rf].[Rf]. The van der Waals surface area contributed by atoms with Crippen LogP contribution in [0.3, 0.4) is 0 Å². The van der Waals surface area contributed by atoms with Gasteiger partial charge in [-0.15, -0.1) is 0 Å². The standard InChI is InChI=1S/C12H18F6O5.C10H14F6O4.C7H12F3O3.5Rf/c1-19-3-9(20-2)4-21-5-10(23-12(17,18)8-14)6-22-11(15,16)7-13;1-17-7(3-19-9(13,14)5-11)8(18-2)4-20-10(15,16)6-12;1-11-3-6(12-2)4-13-7(9,10)5-8;;;;;/h7-10H,3-6H2,1-2H3;5-8H,3-4H2,1-2H3;5-6H,3-4H2,1-2H3;;;;;/q2*-2;-1;;;;;. The average Bonchev–Trinajstić information content (AvgIpc) is 3.16. The number of ether oxygens (including phenoxy) is 12. The van der Waals surface area contributed by atoms with Gasteiger partial charge in [0, 0.05) is 42.7 Å². The maximum Gasteiger partial charge on any atom is 0.258 e. The molecule has 0 heterocycles. The molecule has 0 aromatic carbocycles. The van der Waals surface area contributed by atoms with Crippen LogP contribution < -0.4 is 0 Å². The van der Waals surface area contributed by atoms with Gasteiger partial charge < -0.3 is 78.8 Å². The Morgan fingerprint density at radius 2 is 0.607 bits per heavy atom. The van der Waals surface area contributed by atoms with Crippen LogP contribution in [0.1, 0.15) is 0 Å². The van der Waals surface area contributed by atoms with Gasteiger partial charge in [0.05, 0.1) is 52.9 Å². The van der Waals surface area contributed by atoms with E-state index in [1.165, 1.54) is 28.4 Å². The second kappa shape index (κ2) is 36.5. The topological polar surface area (TPSA) is 111 Å². The zero-order valence-corrected chi connectivity index (χ0v) is 66.0. The van der Waals surface area contributed by atoms with E-state index in [1.54, 1.807) is 0 Å². The van der Waals surface area contributed by atoms with E-state index >= 15 is 0 Å². The van der Waals surface area contributed by atoms with Gasteiger partial charge in [0.2, 0.25) is 0 Å². The number of hydrogen-bond acceptors (Lipinski definition) is 12. The Hall–Kier alpha value is -6.53. The van der Waals surface area contributed by atoms with Crippen molar-refractivity contribution in [1.29, 1.82) is 0 Å². The molecule has 0 fully saturated rings. The van der Waals surface area contributed by atoms with Crippen molar-refractivity contribution in [3.05, 3.63) is 33.4 Å². The van der Waals surface area contributed by atoms with Crippen LogP contribution in [-0.2, 0) is 56.8 Å². The summed E-state index contributed by atoms with van der Waals surface area (Å²) in [5.41, 5.74) is 0. The molecule has 0 aliphatic carbocycles. The summed E-state index contributed by atoms with van der Waals surface area (Å²) >= 11 is 0. The Kier molecular flexibility index (Phi) is 43.2. The maximum absolute atomic E-state index is 12.8. The van der Waals surface area contributed by atoms with Crippen LogP contribution in [0.15, 0.2) is 0 Å². The van der Waals surface area contributed by atoms with Crippen molar-refractivity contribution in [2.45, 2.75) is 61.1 Å². The van der Waals surface area contributed by atoms with Crippen LogP contribution in [-0.4, -0.2) is 157 Å². The fourth-order valence-electron chi connectivity index (χ4n) is 3.01. The Morgan fingerprint density at radius 3 is 0.869 bits per heavy atom. The Morgan fingerprint density at radius 1 is 0.344 bits per heavy atom. The van der Waals surface area contributed by atoms with Gasteiger partial charge in [-0.05, 0) is 0 Å². The van der Waals surface area contributed by atoms with Gasteiger partial charge in [0.1, 0.15) is 30.5 Å². The monoisotopic (exact) mass is 2200 g/mol. The van der Waals surface area contributed by atoms with Crippen LogP contribution in [0.2, 0.25) is 0 Å². The quantitative estimate of drug-likeness (QED) is 0.0550. The van der Waals surface area contributed by atoms with Crippen molar-refractivity contribution >= 4 is 0 Å². The van der Waals surface area contributed by atoms with E-state index < -0.39 is 127 Å². The fourth-order valence-corrected chi connectivity index (χ4v) is 3.01. The first kappa shape index (κ1) is 72.1. The van der Waals surface area contributed by atoms with E-state index in [0.29, 0.717) is 0 Å². The number of methoxy groups -OCH3 is 6. The summed E-state index contributed by atoms with van der Waals surface area (Å²) in [5, 5.41) is 0. The molecule has 0 saturated heterocycles. The third-order valence-corrected chi connectivity index (χ3v) is 5.76. The van der Waals surface area contributed by atoms with Crippen LogP contribution in [0.5, 0.6) is 0 Å². The molecule has 0 aromatic heterocycles. The van der Waals surface area contributed by atoms with Crippen LogP contribution >= 0.6 is 0 Å². The van der Waals surface area contributed by atoms with Crippen molar-refractivity contribution in [1.82, 2.24) is 0 Å². The molecule has 12 nitrogen and oxygen atoms in total. The van der Waals surface area contributed by atoms with Crippen molar-refractivity contribution < 1.29 is 123 Å². The Balaban J connectivity index is -0.000000114. The molecular weight excluding hydrogens is 2160 g/mol. The minimum Gasteiger partial charge on any atom is -0.451 e. The first-order valence-corrected chi connectivity index (χ1v) is 15.0. The molecule has 0 aliphatic heterocycles. The molecule has 0 N–H and O–H groups in total. The van der Waals surface area contributed by atoms with E-state index in [2.05, 4.69) is 28.4 Å². The first-order chi connectivity index (χ1) is 26.0. The Labute approximate surface area is 313 Å². The molecule has 5 unspecified atom stereocenters. The molecule has 0 aromatic rings. The minimum atomic E-state index is -4.33. The summed E-state index contributed by atoms with van der Waals surface area (Å²) in [6.45, 7) is -8.80. The summed E-state index contributed by atoms with van der Waals surface area (Å²) in [6.07, 6.45) is -26.3. The van der Waals surface area contributed by atoms with Gasteiger partial charge in [-0.3, -0.25) is 0 Å². The van der Waals surface area contributed by atoms with Gasteiger partial charge in [0.25, 0.3) is 30.5 Å². The zero-order chi connectivity index (χ0) is 44.1. The van der Waals surface area contributed by atoms with Crippen LogP contribution in [0, 0.1) is 33.4 Å². The van der Waals surface area contributed by atoms with Crippen molar-refractivity contribution in [3.63, 3.8) is 0 Å². The predicted octanol–water partition coefficient (Wildman–Crippen LogP) is 6.40. The molecule has 0 radical (unpaired) electrons. The second-order valence-electron chi connectivity index (χ2n) is 10.1. The van der Waals surface area contributed by atoms with Crippen LogP contribution in [0.25, 0.3) is 0 Å². The summed E-state index contributed by atoms with van der Waals surface area (Å²) in [7, 11) is 7.58. The molecule has 32 heteroatoms. The maximum atomic E-state index is 12.8. The van der Waals surface area contributed by atoms with Crippen molar-refractivity contribution in [3.8, 4) is 0 Å². The normalized spacial score (nSPS) is 14.3. The zero-order valence-electron chi connectivity index (χ0n) is 34.0. The summed E-state index contributed by atoms with van der Waals surface area (Å²) < 4.78 is 236. The van der Waals surface area contributed by atoms with Crippen molar-refractivity contribution in [2.75, 3.05) is 95.5 Å². The third kappa shape index (κ3) is 37.5. The van der Waals surface area contributed by atoms with Gasteiger partial charge in [-0.25, -0.2) is 43.9 Å². The van der Waals surface area contributed by atoms with E-state index in [0.717, 1.165) is 14.2 Å². The molecule has 0 amide bonds. The number of alkyl halides is 10. The molecule has 61 heavy (non-hydrogen) atoms. The molecule has 352 valence electrons. The number of rotatable bonds is 32. The van der Waals surface area contributed by atoms with Gasteiger partial charge in [-0.2, -0.15) is 0 Å². The molecular formula is C29H44F15O12Rf5-5. The van der Waals surface area contributed by atoms with Crippen LogP contribution in [0.4, 0.5) is 65.9 Å². The van der Waals surface area contributed by atoms with Gasteiger partial charge >= 0.3 is 0 Å². The van der Waals surface area contributed by atoms with Gasteiger partial charge in [-0.1, -0.05) is 33.4 Å².